The zero-order chi connectivity index (χ0) is 17.6. The van der Waals surface area contributed by atoms with Crippen LogP contribution in [-0.2, 0) is 6.54 Å². The fourth-order valence-electron chi connectivity index (χ4n) is 2.56. The standard InChI is InChI=1S/C20H16N2O3/c23-20(17-10-7-13-19(14-17)22(24)25)21(18-11-5-2-6-12-18)15-16-8-3-1-4-9-16/h1-14H,15H2. The minimum Gasteiger partial charge on any atom is -0.304 e. The summed E-state index contributed by atoms with van der Waals surface area (Å²) in [5.74, 6) is -0.279. The summed E-state index contributed by atoms with van der Waals surface area (Å²) in [6.45, 7) is 0.381. The van der Waals surface area contributed by atoms with Gasteiger partial charge in [0.15, 0.2) is 0 Å². The van der Waals surface area contributed by atoms with Crippen molar-refractivity contribution in [3.05, 3.63) is 106 Å². The van der Waals surface area contributed by atoms with Gasteiger partial charge < -0.3 is 4.90 Å². The van der Waals surface area contributed by atoms with E-state index in [4.69, 9.17) is 0 Å². The molecule has 0 atom stereocenters. The molecule has 0 radical (unpaired) electrons. The molecule has 3 aromatic carbocycles. The van der Waals surface area contributed by atoms with E-state index in [0.29, 0.717) is 6.54 Å². The van der Waals surface area contributed by atoms with Crippen molar-refractivity contribution >= 4 is 17.3 Å². The van der Waals surface area contributed by atoms with Gasteiger partial charge in [0.1, 0.15) is 0 Å². The number of nitrogens with zero attached hydrogens (tertiary/aromatic N) is 2. The van der Waals surface area contributed by atoms with Gasteiger partial charge in [0, 0.05) is 23.4 Å². The quantitative estimate of drug-likeness (QED) is 0.512. The highest BCUT2D eigenvalue weighted by molar-refractivity contribution is 6.06. The van der Waals surface area contributed by atoms with E-state index < -0.39 is 4.92 Å². The highest BCUT2D eigenvalue weighted by Crippen LogP contribution is 2.22. The van der Waals surface area contributed by atoms with Crippen LogP contribution in [0.1, 0.15) is 15.9 Å². The summed E-state index contributed by atoms with van der Waals surface area (Å²) in [5.41, 5.74) is 1.90. The minimum absolute atomic E-state index is 0.0985. The molecule has 0 heterocycles. The second kappa shape index (κ2) is 7.40. The Labute approximate surface area is 145 Å². The summed E-state index contributed by atoms with van der Waals surface area (Å²) in [7, 11) is 0. The number of nitro benzene ring substituents is 1. The van der Waals surface area contributed by atoms with Gasteiger partial charge in [-0.1, -0.05) is 54.6 Å². The Morgan fingerprint density at radius 1 is 0.880 bits per heavy atom. The number of para-hydroxylation sites is 1. The maximum Gasteiger partial charge on any atom is 0.270 e. The predicted octanol–water partition coefficient (Wildman–Crippen LogP) is 4.44. The van der Waals surface area contributed by atoms with Crippen molar-refractivity contribution in [3.63, 3.8) is 0 Å². The van der Waals surface area contributed by atoms with E-state index in [-0.39, 0.29) is 17.2 Å². The monoisotopic (exact) mass is 332 g/mol. The van der Waals surface area contributed by atoms with E-state index in [1.54, 1.807) is 11.0 Å². The summed E-state index contributed by atoms with van der Waals surface area (Å²) in [4.78, 5) is 25.1. The third kappa shape index (κ3) is 3.90. The van der Waals surface area contributed by atoms with Crippen molar-refractivity contribution < 1.29 is 9.72 Å². The van der Waals surface area contributed by atoms with Crippen LogP contribution in [0, 0.1) is 10.1 Å². The van der Waals surface area contributed by atoms with Crippen molar-refractivity contribution in [3.8, 4) is 0 Å². The second-order valence-corrected chi connectivity index (χ2v) is 5.52. The van der Waals surface area contributed by atoms with Crippen molar-refractivity contribution in [2.75, 3.05) is 4.90 Å². The number of hydrogen-bond donors (Lipinski definition) is 0. The Kier molecular flexibility index (Phi) is 4.85. The van der Waals surface area contributed by atoms with Gasteiger partial charge in [-0.2, -0.15) is 0 Å². The first-order chi connectivity index (χ1) is 12.1. The van der Waals surface area contributed by atoms with Crippen molar-refractivity contribution in [2.45, 2.75) is 6.54 Å². The van der Waals surface area contributed by atoms with Crippen LogP contribution >= 0.6 is 0 Å². The van der Waals surface area contributed by atoms with Crippen LogP contribution in [0.4, 0.5) is 11.4 Å². The SMILES string of the molecule is O=C(c1cccc([N+](=O)[O-])c1)N(Cc1ccccc1)c1ccccc1. The van der Waals surface area contributed by atoms with Crippen LogP contribution in [0.5, 0.6) is 0 Å². The summed E-state index contributed by atoms with van der Waals surface area (Å²) < 4.78 is 0. The molecule has 25 heavy (non-hydrogen) atoms. The molecule has 0 saturated heterocycles. The molecular weight excluding hydrogens is 316 g/mol. The number of nitro groups is 1. The number of carbonyl (C=O) groups excluding carboxylic acids is 1. The molecule has 3 rings (SSSR count). The van der Waals surface area contributed by atoms with Gasteiger partial charge in [0.2, 0.25) is 0 Å². The van der Waals surface area contributed by atoms with E-state index in [2.05, 4.69) is 0 Å². The molecule has 3 aromatic rings. The summed E-state index contributed by atoms with van der Waals surface area (Å²) in [6, 6.07) is 24.7. The fraction of sp³-hybridized carbons (Fsp3) is 0.0500. The Balaban J connectivity index is 1.97. The molecular formula is C20H16N2O3. The van der Waals surface area contributed by atoms with Crippen LogP contribution in [0.25, 0.3) is 0 Å². The van der Waals surface area contributed by atoms with Crippen LogP contribution in [-0.4, -0.2) is 10.8 Å². The number of non-ortho nitro benzene ring substituents is 1. The molecule has 0 aliphatic heterocycles. The maximum absolute atomic E-state index is 13.0. The zero-order valence-corrected chi connectivity index (χ0v) is 13.4. The Hall–Kier alpha value is -3.47. The number of benzene rings is 3. The highest BCUT2D eigenvalue weighted by atomic mass is 16.6. The average Bonchev–Trinajstić information content (AvgIpc) is 2.67. The van der Waals surface area contributed by atoms with Gasteiger partial charge in [-0.3, -0.25) is 14.9 Å². The van der Waals surface area contributed by atoms with Crippen molar-refractivity contribution in [2.24, 2.45) is 0 Å². The molecule has 0 aliphatic carbocycles. The molecule has 0 spiro atoms. The fourth-order valence-corrected chi connectivity index (χ4v) is 2.56. The Morgan fingerprint density at radius 3 is 2.16 bits per heavy atom. The summed E-state index contributed by atoms with van der Waals surface area (Å²) in [6.07, 6.45) is 0. The maximum atomic E-state index is 13.0. The number of anilines is 1. The molecule has 0 aliphatic rings. The lowest BCUT2D eigenvalue weighted by atomic mass is 10.1. The summed E-state index contributed by atoms with van der Waals surface area (Å²) >= 11 is 0. The van der Waals surface area contributed by atoms with Gasteiger partial charge in [-0.25, -0.2) is 0 Å². The normalized spacial score (nSPS) is 10.2. The van der Waals surface area contributed by atoms with Crippen LogP contribution in [0.15, 0.2) is 84.9 Å². The zero-order valence-electron chi connectivity index (χ0n) is 13.4. The van der Waals surface area contributed by atoms with Gasteiger partial charge in [-0.05, 0) is 23.8 Å². The largest absolute Gasteiger partial charge is 0.304 e. The lowest BCUT2D eigenvalue weighted by Crippen LogP contribution is -2.30. The van der Waals surface area contributed by atoms with Gasteiger partial charge in [0.05, 0.1) is 11.5 Å². The first-order valence-corrected chi connectivity index (χ1v) is 7.80. The van der Waals surface area contributed by atoms with E-state index in [0.717, 1.165) is 11.3 Å². The molecule has 0 saturated carbocycles. The molecule has 124 valence electrons. The minimum atomic E-state index is -0.499. The highest BCUT2D eigenvalue weighted by Gasteiger charge is 2.20. The van der Waals surface area contributed by atoms with E-state index >= 15 is 0 Å². The van der Waals surface area contributed by atoms with E-state index in [1.807, 2.05) is 60.7 Å². The second-order valence-electron chi connectivity index (χ2n) is 5.52. The average molecular weight is 332 g/mol. The van der Waals surface area contributed by atoms with Gasteiger partial charge >= 0.3 is 0 Å². The predicted molar refractivity (Wildman–Crippen MR) is 96.5 cm³/mol. The van der Waals surface area contributed by atoms with Gasteiger partial charge in [0.25, 0.3) is 11.6 Å². The van der Waals surface area contributed by atoms with Gasteiger partial charge in [-0.15, -0.1) is 0 Å². The number of carbonyl (C=O) groups is 1. The molecule has 5 nitrogen and oxygen atoms in total. The topological polar surface area (TPSA) is 63.4 Å². The van der Waals surface area contributed by atoms with Crippen LogP contribution in [0.3, 0.4) is 0 Å². The Morgan fingerprint density at radius 2 is 1.52 bits per heavy atom. The first kappa shape index (κ1) is 16.4. The van der Waals surface area contributed by atoms with Crippen molar-refractivity contribution in [1.29, 1.82) is 0 Å². The molecule has 1 amide bonds. The number of rotatable bonds is 5. The molecule has 0 bridgehead atoms. The lowest BCUT2D eigenvalue weighted by molar-refractivity contribution is -0.384. The smallest absolute Gasteiger partial charge is 0.270 e. The third-order valence-corrected chi connectivity index (χ3v) is 3.80. The van der Waals surface area contributed by atoms with E-state index in [1.165, 1.54) is 18.2 Å². The third-order valence-electron chi connectivity index (χ3n) is 3.80. The number of hydrogen-bond acceptors (Lipinski definition) is 3. The molecule has 0 unspecified atom stereocenters. The first-order valence-electron chi connectivity index (χ1n) is 7.80. The molecule has 0 fully saturated rings. The van der Waals surface area contributed by atoms with Crippen molar-refractivity contribution in [1.82, 2.24) is 0 Å². The molecule has 5 heteroatoms. The van der Waals surface area contributed by atoms with Crippen LogP contribution in [0.2, 0.25) is 0 Å². The Bertz CT molecular complexity index is 880. The lowest BCUT2D eigenvalue weighted by Gasteiger charge is -2.23. The number of amides is 1. The molecule has 0 N–H and O–H groups in total. The summed E-state index contributed by atoms with van der Waals surface area (Å²) in [5, 5.41) is 11.0. The van der Waals surface area contributed by atoms with E-state index in [9.17, 15) is 14.9 Å². The molecule has 0 aromatic heterocycles. The van der Waals surface area contributed by atoms with Crippen LogP contribution < -0.4 is 4.90 Å².